The van der Waals surface area contributed by atoms with Crippen LogP contribution in [0.1, 0.15) is 53.2 Å². The number of nitrogens with one attached hydrogen (secondary N) is 1. The Bertz CT molecular complexity index is 923. The first-order valence-electron chi connectivity index (χ1n) is 11.7. The molecule has 0 unspecified atom stereocenters. The first-order chi connectivity index (χ1) is 15.7. The molecule has 0 atom stereocenters. The summed E-state index contributed by atoms with van der Waals surface area (Å²) < 4.78 is 5.82. The summed E-state index contributed by atoms with van der Waals surface area (Å²) in [6.45, 7) is 7.44. The van der Waals surface area contributed by atoms with Crippen LogP contribution in [0.25, 0.3) is 0 Å². The first-order valence-corrected chi connectivity index (χ1v) is 11.7. The zero-order chi connectivity index (χ0) is 22.2. The van der Waals surface area contributed by atoms with Crippen molar-refractivity contribution in [1.82, 2.24) is 15.1 Å². The maximum absolute atomic E-state index is 12.2. The van der Waals surface area contributed by atoms with E-state index in [1.54, 1.807) is 6.07 Å². The molecule has 3 aromatic rings. The average Bonchev–Trinajstić information content (AvgIpc) is 3.31. The number of carbonyl (C=O) groups is 1. The standard InChI is InChI=1S/C27H33N3O2/c1-2-3-16-28-27(31)25-15-14-24(32-25)21-29-17-19-30(20-18-29)26(22-10-6-4-7-11-22)23-12-8-5-9-13-23/h4-15,26H,2-3,16-21H2,1H3,(H,28,31). The van der Waals surface area contributed by atoms with Crippen LogP contribution in [0, 0.1) is 0 Å². The second kappa shape index (κ2) is 11.1. The van der Waals surface area contributed by atoms with Gasteiger partial charge >= 0.3 is 0 Å². The van der Waals surface area contributed by atoms with Crippen LogP contribution in [0.3, 0.4) is 0 Å². The average molecular weight is 432 g/mol. The van der Waals surface area contributed by atoms with Crippen LogP contribution in [0.4, 0.5) is 0 Å². The van der Waals surface area contributed by atoms with Crippen molar-refractivity contribution < 1.29 is 9.21 Å². The van der Waals surface area contributed by atoms with Crippen molar-refractivity contribution in [1.29, 1.82) is 0 Å². The smallest absolute Gasteiger partial charge is 0.286 e. The second-order valence-corrected chi connectivity index (χ2v) is 8.41. The van der Waals surface area contributed by atoms with Crippen LogP contribution in [0.2, 0.25) is 0 Å². The van der Waals surface area contributed by atoms with E-state index in [-0.39, 0.29) is 11.9 Å². The minimum absolute atomic E-state index is 0.122. The number of hydrogen-bond acceptors (Lipinski definition) is 4. The van der Waals surface area contributed by atoms with E-state index in [4.69, 9.17) is 4.42 Å². The zero-order valence-corrected chi connectivity index (χ0v) is 18.9. The van der Waals surface area contributed by atoms with Crippen molar-refractivity contribution in [2.45, 2.75) is 32.4 Å². The molecule has 0 saturated carbocycles. The molecular formula is C27H33N3O2. The topological polar surface area (TPSA) is 48.7 Å². The van der Waals surface area contributed by atoms with E-state index in [0.29, 0.717) is 12.3 Å². The molecule has 1 N–H and O–H groups in total. The van der Waals surface area contributed by atoms with Crippen LogP contribution < -0.4 is 5.32 Å². The van der Waals surface area contributed by atoms with Gasteiger partial charge in [0.1, 0.15) is 5.76 Å². The highest BCUT2D eigenvalue weighted by atomic mass is 16.4. The Balaban J connectivity index is 1.36. The molecule has 1 amide bonds. The van der Waals surface area contributed by atoms with Crippen molar-refractivity contribution in [3.8, 4) is 0 Å². The van der Waals surface area contributed by atoms with Gasteiger partial charge in [0.2, 0.25) is 0 Å². The Morgan fingerprint density at radius 2 is 1.53 bits per heavy atom. The van der Waals surface area contributed by atoms with E-state index >= 15 is 0 Å². The van der Waals surface area contributed by atoms with Crippen LogP contribution in [0.5, 0.6) is 0 Å². The van der Waals surface area contributed by atoms with Gasteiger partial charge in [-0.3, -0.25) is 14.6 Å². The molecule has 1 aliphatic rings. The third kappa shape index (κ3) is 5.67. The maximum atomic E-state index is 12.2. The minimum Gasteiger partial charge on any atom is -0.455 e. The van der Waals surface area contributed by atoms with Crippen molar-refractivity contribution in [2.24, 2.45) is 0 Å². The fourth-order valence-corrected chi connectivity index (χ4v) is 4.34. The van der Waals surface area contributed by atoms with E-state index in [2.05, 4.69) is 82.7 Å². The van der Waals surface area contributed by atoms with Gasteiger partial charge in [0.25, 0.3) is 5.91 Å². The van der Waals surface area contributed by atoms with E-state index in [1.165, 1.54) is 11.1 Å². The molecule has 5 heteroatoms. The molecule has 168 valence electrons. The predicted molar refractivity (Wildman–Crippen MR) is 128 cm³/mol. The van der Waals surface area contributed by atoms with Gasteiger partial charge in [0.15, 0.2) is 5.76 Å². The molecule has 2 aromatic carbocycles. The van der Waals surface area contributed by atoms with Crippen LogP contribution >= 0.6 is 0 Å². The number of carbonyl (C=O) groups excluding carboxylic acids is 1. The summed E-state index contributed by atoms with van der Waals surface area (Å²) in [5.74, 6) is 1.13. The number of amides is 1. The molecule has 0 radical (unpaired) electrons. The Labute approximate surface area is 191 Å². The number of furan rings is 1. The molecule has 1 aromatic heterocycles. The summed E-state index contributed by atoms with van der Waals surface area (Å²) in [6, 6.07) is 25.5. The lowest BCUT2D eigenvalue weighted by Gasteiger charge is -2.39. The molecule has 4 rings (SSSR count). The predicted octanol–water partition coefficient (Wildman–Crippen LogP) is 4.72. The third-order valence-corrected chi connectivity index (χ3v) is 6.08. The molecule has 1 aliphatic heterocycles. The molecule has 0 spiro atoms. The lowest BCUT2D eigenvalue weighted by atomic mass is 9.96. The molecule has 32 heavy (non-hydrogen) atoms. The van der Waals surface area contributed by atoms with Crippen molar-refractivity contribution in [3.63, 3.8) is 0 Å². The molecular weight excluding hydrogens is 398 g/mol. The highest BCUT2D eigenvalue weighted by Gasteiger charge is 2.26. The van der Waals surface area contributed by atoms with Gasteiger partial charge < -0.3 is 9.73 Å². The van der Waals surface area contributed by atoms with Crippen molar-refractivity contribution in [2.75, 3.05) is 32.7 Å². The fraction of sp³-hybridized carbons (Fsp3) is 0.370. The summed E-state index contributed by atoms with van der Waals surface area (Å²) in [7, 11) is 0. The van der Waals surface area contributed by atoms with Gasteiger partial charge in [-0.25, -0.2) is 0 Å². The van der Waals surface area contributed by atoms with Gasteiger partial charge in [-0.1, -0.05) is 74.0 Å². The molecule has 2 heterocycles. The lowest BCUT2D eigenvalue weighted by Crippen LogP contribution is -2.47. The van der Waals surface area contributed by atoms with E-state index in [9.17, 15) is 4.79 Å². The Morgan fingerprint density at radius 3 is 2.12 bits per heavy atom. The van der Waals surface area contributed by atoms with Crippen molar-refractivity contribution in [3.05, 3.63) is 95.4 Å². The minimum atomic E-state index is -0.122. The number of piperazine rings is 1. The van der Waals surface area contributed by atoms with Crippen molar-refractivity contribution >= 4 is 5.91 Å². The number of unbranched alkanes of at least 4 members (excludes halogenated alkanes) is 1. The summed E-state index contributed by atoms with van der Waals surface area (Å²) in [6.07, 6.45) is 2.04. The largest absolute Gasteiger partial charge is 0.455 e. The fourth-order valence-electron chi connectivity index (χ4n) is 4.34. The van der Waals surface area contributed by atoms with Crippen LogP contribution in [-0.4, -0.2) is 48.4 Å². The van der Waals surface area contributed by atoms with Gasteiger partial charge in [0, 0.05) is 32.7 Å². The molecule has 5 nitrogen and oxygen atoms in total. The highest BCUT2D eigenvalue weighted by Crippen LogP contribution is 2.29. The summed E-state index contributed by atoms with van der Waals surface area (Å²) in [5, 5.41) is 2.91. The zero-order valence-electron chi connectivity index (χ0n) is 18.9. The number of nitrogens with zero attached hydrogens (tertiary/aromatic N) is 2. The maximum Gasteiger partial charge on any atom is 0.286 e. The van der Waals surface area contributed by atoms with Gasteiger partial charge in [-0.15, -0.1) is 0 Å². The first kappa shape index (κ1) is 22.3. The van der Waals surface area contributed by atoms with Crippen LogP contribution in [-0.2, 0) is 6.54 Å². The van der Waals surface area contributed by atoms with Crippen LogP contribution in [0.15, 0.2) is 77.2 Å². The Kier molecular flexibility index (Phi) is 7.75. The number of hydrogen-bond donors (Lipinski definition) is 1. The lowest BCUT2D eigenvalue weighted by molar-refractivity contribution is 0.0903. The normalized spacial score (nSPS) is 15.2. The summed E-state index contributed by atoms with van der Waals surface area (Å²) in [4.78, 5) is 17.2. The number of rotatable bonds is 9. The number of benzene rings is 2. The van der Waals surface area contributed by atoms with Gasteiger partial charge in [0.05, 0.1) is 12.6 Å². The quantitative estimate of drug-likeness (QED) is 0.498. The van der Waals surface area contributed by atoms with E-state index < -0.39 is 0 Å². The highest BCUT2D eigenvalue weighted by molar-refractivity contribution is 5.91. The SMILES string of the molecule is CCCCNC(=O)c1ccc(CN2CCN(C(c3ccccc3)c3ccccc3)CC2)o1. The monoisotopic (exact) mass is 431 g/mol. The van der Waals surface area contributed by atoms with Gasteiger partial charge in [-0.2, -0.15) is 0 Å². The molecule has 0 bridgehead atoms. The Morgan fingerprint density at radius 1 is 0.906 bits per heavy atom. The Hall–Kier alpha value is -2.89. The molecule has 0 aliphatic carbocycles. The van der Waals surface area contributed by atoms with Gasteiger partial charge in [-0.05, 0) is 29.7 Å². The van der Waals surface area contributed by atoms with E-state index in [0.717, 1.165) is 51.3 Å². The van der Waals surface area contributed by atoms with E-state index in [1.807, 2.05) is 6.07 Å². The molecule has 1 fully saturated rings. The third-order valence-electron chi connectivity index (χ3n) is 6.08. The second-order valence-electron chi connectivity index (χ2n) is 8.41. The summed E-state index contributed by atoms with van der Waals surface area (Å²) in [5.41, 5.74) is 2.66. The molecule has 1 saturated heterocycles. The summed E-state index contributed by atoms with van der Waals surface area (Å²) >= 11 is 0.